The molecule has 4 aliphatic heterocycles. The second kappa shape index (κ2) is 9.37. The molecule has 1 amide bonds. The Bertz CT molecular complexity index is 1120. The van der Waals surface area contributed by atoms with Crippen LogP contribution in [0.15, 0.2) is 52.9 Å². The third-order valence-electron chi connectivity index (χ3n) is 7.29. The standard InChI is InChI=1S/C26H29N3O3.ClH/c30-26(27-23-17-28-9-7-19(23)8-10-28)25-16-21-15-20(3-6-24(21)32-25)18-1-4-22(5-2-18)29-11-13-31-14-12-29;/h1-6,15-16,19,23H,7-14,17H2,(H,27,30);1H/t23-;/m0./s1. The van der Waals surface area contributed by atoms with E-state index in [2.05, 4.69) is 51.5 Å². The van der Waals surface area contributed by atoms with Gasteiger partial charge in [0.15, 0.2) is 5.76 Å². The molecule has 0 spiro atoms. The first-order chi connectivity index (χ1) is 15.7. The Balaban J connectivity index is 0.00000228. The SMILES string of the molecule is Cl.O=C(N[C@H]1CN2CCC1CC2)c1cc2cc(-c3ccc(N4CCOCC4)cc3)ccc2o1. The van der Waals surface area contributed by atoms with Crippen LogP contribution in [-0.2, 0) is 4.74 Å². The highest BCUT2D eigenvalue weighted by atomic mass is 35.5. The van der Waals surface area contributed by atoms with Crippen LogP contribution in [0.1, 0.15) is 23.4 Å². The number of carbonyl (C=O) groups is 1. The van der Waals surface area contributed by atoms with E-state index < -0.39 is 0 Å². The summed E-state index contributed by atoms with van der Waals surface area (Å²) >= 11 is 0. The van der Waals surface area contributed by atoms with Crippen molar-refractivity contribution in [2.45, 2.75) is 18.9 Å². The number of nitrogens with one attached hydrogen (secondary N) is 1. The van der Waals surface area contributed by atoms with Crippen LogP contribution in [-0.4, -0.2) is 62.8 Å². The maximum absolute atomic E-state index is 12.9. The molecule has 0 unspecified atom stereocenters. The summed E-state index contributed by atoms with van der Waals surface area (Å²) in [5.74, 6) is 0.896. The summed E-state index contributed by atoms with van der Waals surface area (Å²) in [6.07, 6.45) is 2.36. The molecule has 4 saturated heterocycles. The number of carbonyl (C=O) groups excluding carboxylic acids is 1. The predicted molar refractivity (Wildman–Crippen MR) is 132 cm³/mol. The van der Waals surface area contributed by atoms with Crippen LogP contribution < -0.4 is 10.2 Å². The number of fused-ring (bicyclic) bond motifs is 4. The van der Waals surface area contributed by atoms with E-state index in [4.69, 9.17) is 9.15 Å². The fourth-order valence-corrected chi connectivity index (χ4v) is 5.39. The Labute approximate surface area is 200 Å². The van der Waals surface area contributed by atoms with Crippen molar-refractivity contribution in [3.63, 3.8) is 0 Å². The minimum atomic E-state index is -0.101. The Morgan fingerprint density at radius 1 is 0.909 bits per heavy atom. The first-order valence-electron chi connectivity index (χ1n) is 11.7. The van der Waals surface area contributed by atoms with Crippen molar-refractivity contribution < 1.29 is 13.9 Å². The summed E-state index contributed by atoms with van der Waals surface area (Å²) in [5.41, 5.74) is 4.26. The van der Waals surface area contributed by atoms with Crippen molar-refractivity contribution in [2.75, 3.05) is 50.8 Å². The summed E-state index contributed by atoms with van der Waals surface area (Å²) in [7, 11) is 0. The Hall–Kier alpha value is -2.54. The highest BCUT2D eigenvalue weighted by molar-refractivity contribution is 5.97. The van der Waals surface area contributed by atoms with Gasteiger partial charge in [0.1, 0.15) is 5.58 Å². The molecule has 0 saturated carbocycles. The number of halogens is 1. The van der Waals surface area contributed by atoms with Gasteiger partial charge in [-0.15, -0.1) is 12.4 Å². The van der Waals surface area contributed by atoms with Crippen LogP contribution in [0, 0.1) is 5.92 Å². The topological polar surface area (TPSA) is 58.0 Å². The minimum Gasteiger partial charge on any atom is -0.451 e. The lowest BCUT2D eigenvalue weighted by molar-refractivity contribution is 0.0607. The zero-order valence-corrected chi connectivity index (χ0v) is 19.5. The van der Waals surface area contributed by atoms with Gasteiger partial charge in [0.25, 0.3) is 5.91 Å². The second-order valence-corrected chi connectivity index (χ2v) is 9.23. The fraction of sp³-hybridized carbons (Fsp3) is 0.423. The second-order valence-electron chi connectivity index (χ2n) is 9.23. The first-order valence-corrected chi connectivity index (χ1v) is 11.7. The number of hydrogen-bond donors (Lipinski definition) is 1. The number of benzene rings is 2. The lowest BCUT2D eigenvalue weighted by Crippen LogP contribution is -2.57. The first kappa shape index (κ1) is 22.3. The van der Waals surface area contributed by atoms with E-state index in [1.807, 2.05) is 12.1 Å². The molecule has 3 aromatic rings. The molecule has 0 radical (unpaired) electrons. The van der Waals surface area contributed by atoms with Gasteiger partial charge in [0, 0.05) is 36.7 Å². The molecule has 1 aromatic heterocycles. The maximum Gasteiger partial charge on any atom is 0.287 e. The molecule has 33 heavy (non-hydrogen) atoms. The third-order valence-corrected chi connectivity index (χ3v) is 7.29. The molecule has 1 atom stereocenters. The van der Waals surface area contributed by atoms with Gasteiger partial charge in [-0.1, -0.05) is 18.2 Å². The summed E-state index contributed by atoms with van der Waals surface area (Å²) in [6.45, 7) is 6.73. The van der Waals surface area contributed by atoms with Gasteiger partial charge < -0.3 is 24.3 Å². The number of nitrogens with zero attached hydrogens (tertiary/aromatic N) is 2. The molecular formula is C26H30ClN3O3. The zero-order chi connectivity index (χ0) is 21.5. The van der Waals surface area contributed by atoms with E-state index in [-0.39, 0.29) is 24.4 Å². The van der Waals surface area contributed by atoms with Crippen molar-refractivity contribution in [1.29, 1.82) is 0 Å². The predicted octanol–water partition coefficient (Wildman–Crippen LogP) is 4.18. The summed E-state index contributed by atoms with van der Waals surface area (Å²) < 4.78 is 11.3. The van der Waals surface area contributed by atoms with Gasteiger partial charge in [-0.2, -0.15) is 0 Å². The van der Waals surface area contributed by atoms with Gasteiger partial charge in [-0.05, 0) is 73.3 Å². The maximum atomic E-state index is 12.9. The van der Waals surface area contributed by atoms with Crippen LogP contribution in [0.5, 0.6) is 0 Å². The zero-order valence-electron chi connectivity index (χ0n) is 18.7. The fourth-order valence-electron chi connectivity index (χ4n) is 5.39. The van der Waals surface area contributed by atoms with E-state index in [9.17, 15) is 4.79 Å². The Morgan fingerprint density at radius 3 is 2.33 bits per heavy atom. The number of piperidine rings is 3. The number of hydrogen-bond acceptors (Lipinski definition) is 5. The molecule has 0 aliphatic carbocycles. The van der Waals surface area contributed by atoms with Crippen molar-refractivity contribution in [1.82, 2.24) is 10.2 Å². The van der Waals surface area contributed by atoms with E-state index >= 15 is 0 Å². The molecule has 1 N–H and O–H groups in total. The molecule has 4 fully saturated rings. The lowest BCUT2D eigenvalue weighted by Gasteiger charge is -2.44. The van der Waals surface area contributed by atoms with E-state index in [1.54, 1.807) is 0 Å². The van der Waals surface area contributed by atoms with Crippen LogP contribution in [0.25, 0.3) is 22.1 Å². The minimum absolute atomic E-state index is 0. The number of amides is 1. The molecule has 5 heterocycles. The monoisotopic (exact) mass is 467 g/mol. The summed E-state index contributed by atoms with van der Waals surface area (Å²) in [4.78, 5) is 17.7. The highest BCUT2D eigenvalue weighted by Gasteiger charge is 2.35. The van der Waals surface area contributed by atoms with Crippen molar-refractivity contribution >= 4 is 35.0 Å². The number of anilines is 1. The molecule has 2 bridgehead atoms. The number of rotatable bonds is 4. The molecule has 174 valence electrons. The number of morpholine rings is 1. The molecular weight excluding hydrogens is 438 g/mol. The van der Waals surface area contributed by atoms with Gasteiger partial charge >= 0.3 is 0 Å². The Kier molecular flexibility index (Phi) is 6.32. The summed E-state index contributed by atoms with van der Waals surface area (Å²) in [5, 5.41) is 4.18. The lowest BCUT2D eigenvalue weighted by atomic mass is 9.84. The van der Waals surface area contributed by atoms with E-state index in [0.717, 1.165) is 68.0 Å². The smallest absolute Gasteiger partial charge is 0.287 e. The summed E-state index contributed by atoms with van der Waals surface area (Å²) in [6, 6.07) is 16.9. The van der Waals surface area contributed by atoms with Gasteiger partial charge in [0.05, 0.1) is 13.2 Å². The van der Waals surface area contributed by atoms with Crippen LogP contribution in [0.4, 0.5) is 5.69 Å². The number of ether oxygens (including phenoxy) is 1. The normalized spacial score (nSPS) is 24.5. The average molecular weight is 468 g/mol. The van der Waals surface area contributed by atoms with E-state index in [1.165, 1.54) is 18.5 Å². The molecule has 7 rings (SSSR count). The van der Waals surface area contributed by atoms with Gasteiger partial charge in [-0.3, -0.25) is 4.79 Å². The highest BCUT2D eigenvalue weighted by Crippen LogP contribution is 2.30. The van der Waals surface area contributed by atoms with Crippen molar-refractivity contribution in [2.24, 2.45) is 5.92 Å². The largest absolute Gasteiger partial charge is 0.451 e. The molecule has 4 aliphatic rings. The van der Waals surface area contributed by atoms with Crippen LogP contribution >= 0.6 is 12.4 Å². The number of furan rings is 1. The van der Waals surface area contributed by atoms with Gasteiger partial charge in [0.2, 0.25) is 0 Å². The van der Waals surface area contributed by atoms with Crippen molar-refractivity contribution in [3.8, 4) is 11.1 Å². The molecule has 6 nitrogen and oxygen atoms in total. The third kappa shape index (κ3) is 4.47. The van der Waals surface area contributed by atoms with Gasteiger partial charge in [-0.25, -0.2) is 0 Å². The quantitative estimate of drug-likeness (QED) is 0.623. The molecule has 2 aromatic carbocycles. The van der Waals surface area contributed by atoms with Crippen LogP contribution in [0.3, 0.4) is 0 Å². The van der Waals surface area contributed by atoms with Crippen molar-refractivity contribution in [3.05, 3.63) is 54.3 Å². The Morgan fingerprint density at radius 2 is 1.64 bits per heavy atom. The average Bonchev–Trinajstić information content (AvgIpc) is 3.29. The van der Waals surface area contributed by atoms with E-state index in [0.29, 0.717) is 11.7 Å². The molecule has 7 heteroatoms. The van der Waals surface area contributed by atoms with Crippen LogP contribution in [0.2, 0.25) is 0 Å².